The summed E-state index contributed by atoms with van der Waals surface area (Å²) in [4.78, 5) is 4.68. The number of nitrogens with zero attached hydrogens (tertiary/aromatic N) is 1. The fourth-order valence-corrected chi connectivity index (χ4v) is 2.54. The van der Waals surface area contributed by atoms with Gasteiger partial charge in [-0.2, -0.15) is 0 Å². The van der Waals surface area contributed by atoms with Gasteiger partial charge in [0.2, 0.25) is 0 Å². The standard InChI is InChI=1S/C16H22N2/c1-9(2)12-6-7-14-13(8-12)16(17)15(10(3)4)11(5)18-14/h6-10H,1-5H3,(H2,17,18). The highest BCUT2D eigenvalue weighted by Gasteiger charge is 2.13. The summed E-state index contributed by atoms with van der Waals surface area (Å²) >= 11 is 0. The molecule has 0 fully saturated rings. The highest BCUT2D eigenvalue weighted by atomic mass is 14.7. The number of rotatable bonds is 2. The summed E-state index contributed by atoms with van der Waals surface area (Å²) in [7, 11) is 0. The molecule has 0 aliphatic heterocycles. The molecule has 1 heterocycles. The monoisotopic (exact) mass is 242 g/mol. The molecule has 0 unspecified atom stereocenters. The lowest BCUT2D eigenvalue weighted by atomic mass is 9.94. The van der Waals surface area contributed by atoms with Gasteiger partial charge < -0.3 is 5.73 Å². The van der Waals surface area contributed by atoms with Crippen LogP contribution in [-0.2, 0) is 0 Å². The molecule has 1 aromatic carbocycles. The van der Waals surface area contributed by atoms with Crippen molar-refractivity contribution in [3.05, 3.63) is 35.0 Å². The van der Waals surface area contributed by atoms with E-state index in [0.717, 1.165) is 22.3 Å². The van der Waals surface area contributed by atoms with Gasteiger partial charge in [-0.1, -0.05) is 33.8 Å². The van der Waals surface area contributed by atoms with Crippen LogP contribution in [0.15, 0.2) is 18.2 Å². The molecule has 2 heteroatoms. The Morgan fingerprint density at radius 3 is 2.28 bits per heavy atom. The van der Waals surface area contributed by atoms with E-state index in [1.54, 1.807) is 0 Å². The van der Waals surface area contributed by atoms with Gasteiger partial charge in [0.1, 0.15) is 0 Å². The number of fused-ring (bicyclic) bond motifs is 1. The fraction of sp³-hybridized carbons (Fsp3) is 0.438. The highest BCUT2D eigenvalue weighted by molar-refractivity contribution is 5.93. The van der Waals surface area contributed by atoms with E-state index in [1.165, 1.54) is 11.1 Å². The Hall–Kier alpha value is -1.57. The number of nitrogens with two attached hydrogens (primary N) is 1. The molecule has 0 amide bonds. The van der Waals surface area contributed by atoms with E-state index in [1.807, 2.05) is 6.92 Å². The molecule has 0 aliphatic rings. The van der Waals surface area contributed by atoms with E-state index in [2.05, 4.69) is 50.9 Å². The fourth-order valence-electron chi connectivity index (χ4n) is 2.54. The quantitative estimate of drug-likeness (QED) is 0.849. The van der Waals surface area contributed by atoms with Crippen molar-refractivity contribution in [2.45, 2.75) is 46.5 Å². The topological polar surface area (TPSA) is 38.9 Å². The van der Waals surface area contributed by atoms with Crippen LogP contribution in [0, 0.1) is 6.92 Å². The second kappa shape index (κ2) is 4.60. The van der Waals surface area contributed by atoms with Crippen molar-refractivity contribution in [3.63, 3.8) is 0 Å². The normalized spacial score (nSPS) is 11.7. The van der Waals surface area contributed by atoms with Crippen LogP contribution >= 0.6 is 0 Å². The van der Waals surface area contributed by atoms with Crippen molar-refractivity contribution in [1.29, 1.82) is 0 Å². The Bertz CT molecular complexity index is 583. The number of aryl methyl sites for hydroxylation is 1. The van der Waals surface area contributed by atoms with Crippen molar-refractivity contribution in [3.8, 4) is 0 Å². The molecule has 0 aliphatic carbocycles. The lowest BCUT2D eigenvalue weighted by molar-refractivity contribution is 0.850. The summed E-state index contributed by atoms with van der Waals surface area (Å²) in [6.45, 7) is 10.8. The highest BCUT2D eigenvalue weighted by Crippen LogP contribution is 2.32. The number of hydrogen-bond donors (Lipinski definition) is 1. The number of anilines is 1. The molecule has 1 aromatic heterocycles. The number of nitrogen functional groups attached to an aromatic ring is 1. The van der Waals surface area contributed by atoms with Gasteiger partial charge in [0.05, 0.1) is 5.52 Å². The van der Waals surface area contributed by atoms with Crippen molar-refractivity contribution in [1.82, 2.24) is 4.98 Å². The minimum atomic E-state index is 0.407. The molecule has 2 aromatic rings. The van der Waals surface area contributed by atoms with Gasteiger partial charge in [-0.15, -0.1) is 0 Å². The van der Waals surface area contributed by atoms with E-state index in [-0.39, 0.29) is 0 Å². The predicted molar refractivity (Wildman–Crippen MR) is 79.1 cm³/mol. The van der Waals surface area contributed by atoms with E-state index in [0.29, 0.717) is 11.8 Å². The molecule has 0 atom stereocenters. The largest absolute Gasteiger partial charge is 0.398 e. The second-order valence-corrected chi connectivity index (χ2v) is 5.61. The molecule has 0 saturated heterocycles. The summed E-state index contributed by atoms with van der Waals surface area (Å²) in [5, 5.41) is 1.09. The average Bonchev–Trinajstić information content (AvgIpc) is 2.27. The van der Waals surface area contributed by atoms with Gasteiger partial charge in [0, 0.05) is 16.8 Å². The third-order valence-corrected chi connectivity index (χ3v) is 3.52. The Labute approximate surface area is 109 Å². The van der Waals surface area contributed by atoms with Crippen LogP contribution in [0.1, 0.15) is 56.4 Å². The van der Waals surface area contributed by atoms with Crippen LogP contribution in [0.2, 0.25) is 0 Å². The first-order valence-electron chi connectivity index (χ1n) is 6.61. The van der Waals surface area contributed by atoms with E-state index >= 15 is 0 Å². The summed E-state index contributed by atoms with van der Waals surface area (Å²) < 4.78 is 0. The number of pyridine rings is 1. The van der Waals surface area contributed by atoms with Gasteiger partial charge >= 0.3 is 0 Å². The molecule has 18 heavy (non-hydrogen) atoms. The Kier molecular flexibility index (Phi) is 3.29. The number of benzene rings is 1. The minimum Gasteiger partial charge on any atom is -0.398 e. The molecule has 0 bridgehead atoms. The smallest absolute Gasteiger partial charge is 0.0726 e. The molecule has 0 spiro atoms. The Morgan fingerprint density at radius 1 is 1.06 bits per heavy atom. The van der Waals surface area contributed by atoms with Crippen LogP contribution in [0.5, 0.6) is 0 Å². The molecule has 2 rings (SSSR count). The van der Waals surface area contributed by atoms with Crippen molar-refractivity contribution in [2.24, 2.45) is 0 Å². The maximum atomic E-state index is 6.35. The predicted octanol–water partition coefficient (Wildman–Crippen LogP) is 4.37. The van der Waals surface area contributed by atoms with Crippen molar-refractivity contribution in [2.75, 3.05) is 5.73 Å². The number of aromatic nitrogens is 1. The van der Waals surface area contributed by atoms with E-state index in [9.17, 15) is 0 Å². The van der Waals surface area contributed by atoms with Gasteiger partial charge in [0.15, 0.2) is 0 Å². The lowest BCUT2D eigenvalue weighted by Crippen LogP contribution is -2.03. The maximum absolute atomic E-state index is 6.35. The molecular weight excluding hydrogens is 220 g/mol. The molecule has 96 valence electrons. The zero-order valence-corrected chi connectivity index (χ0v) is 11.9. The first-order chi connectivity index (χ1) is 8.41. The van der Waals surface area contributed by atoms with Crippen molar-refractivity contribution >= 4 is 16.6 Å². The van der Waals surface area contributed by atoms with Crippen LogP contribution in [0.25, 0.3) is 10.9 Å². The third kappa shape index (κ3) is 2.07. The Morgan fingerprint density at radius 2 is 1.72 bits per heavy atom. The summed E-state index contributed by atoms with van der Waals surface area (Å²) in [6.07, 6.45) is 0. The summed E-state index contributed by atoms with van der Waals surface area (Å²) in [5.74, 6) is 0.919. The zero-order chi connectivity index (χ0) is 13.4. The van der Waals surface area contributed by atoms with Gasteiger partial charge in [-0.3, -0.25) is 4.98 Å². The van der Waals surface area contributed by atoms with Crippen LogP contribution in [0.3, 0.4) is 0 Å². The van der Waals surface area contributed by atoms with Gasteiger partial charge in [-0.05, 0) is 42.0 Å². The lowest BCUT2D eigenvalue weighted by Gasteiger charge is -2.16. The van der Waals surface area contributed by atoms with Crippen LogP contribution in [-0.4, -0.2) is 4.98 Å². The van der Waals surface area contributed by atoms with Gasteiger partial charge in [0.25, 0.3) is 0 Å². The molecule has 2 N–H and O–H groups in total. The maximum Gasteiger partial charge on any atom is 0.0726 e. The molecule has 0 saturated carbocycles. The second-order valence-electron chi connectivity index (χ2n) is 5.61. The summed E-state index contributed by atoms with van der Waals surface area (Å²) in [5.41, 5.74) is 11.8. The first kappa shape index (κ1) is 12.9. The van der Waals surface area contributed by atoms with Gasteiger partial charge in [-0.25, -0.2) is 0 Å². The van der Waals surface area contributed by atoms with Crippen LogP contribution < -0.4 is 5.73 Å². The zero-order valence-electron chi connectivity index (χ0n) is 11.9. The molecule has 0 radical (unpaired) electrons. The summed E-state index contributed by atoms with van der Waals surface area (Å²) in [6, 6.07) is 6.42. The molecule has 2 nitrogen and oxygen atoms in total. The van der Waals surface area contributed by atoms with Crippen molar-refractivity contribution < 1.29 is 0 Å². The number of hydrogen-bond acceptors (Lipinski definition) is 2. The first-order valence-corrected chi connectivity index (χ1v) is 6.61. The average molecular weight is 242 g/mol. The third-order valence-electron chi connectivity index (χ3n) is 3.52. The van der Waals surface area contributed by atoms with E-state index in [4.69, 9.17) is 5.73 Å². The van der Waals surface area contributed by atoms with Crippen LogP contribution in [0.4, 0.5) is 5.69 Å². The Balaban J connectivity index is 2.77. The minimum absolute atomic E-state index is 0.407. The molecular formula is C16H22N2. The van der Waals surface area contributed by atoms with E-state index < -0.39 is 0 Å². The SMILES string of the molecule is Cc1nc2ccc(C(C)C)cc2c(N)c1C(C)C.